The average Bonchev–Trinajstić information content (AvgIpc) is 2.93. The first-order valence-electron chi connectivity index (χ1n) is 6.38. The molecule has 0 bridgehead atoms. The summed E-state index contributed by atoms with van der Waals surface area (Å²) in [5.41, 5.74) is 7.77. The van der Waals surface area contributed by atoms with E-state index in [-0.39, 0.29) is 0 Å². The van der Waals surface area contributed by atoms with Crippen molar-refractivity contribution in [2.45, 2.75) is 6.54 Å². The van der Waals surface area contributed by atoms with E-state index in [4.69, 9.17) is 10.5 Å². The van der Waals surface area contributed by atoms with Crippen molar-refractivity contribution in [2.75, 3.05) is 26.3 Å². The number of morpholine rings is 1. The second-order valence-corrected chi connectivity index (χ2v) is 4.49. The van der Waals surface area contributed by atoms with Crippen LogP contribution in [-0.2, 0) is 11.3 Å². The van der Waals surface area contributed by atoms with Gasteiger partial charge in [0.2, 0.25) is 0 Å². The van der Waals surface area contributed by atoms with Crippen molar-refractivity contribution in [3.05, 3.63) is 30.1 Å². The number of ether oxygens (including phenoxy) is 1. The van der Waals surface area contributed by atoms with Crippen LogP contribution in [0.25, 0.3) is 11.0 Å². The van der Waals surface area contributed by atoms with Gasteiger partial charge in [0, 0.05) is 24.7 Å². The van der Waals surface area contributed by atoms with E-state index in [2.05, 4.69) is 15.0 Å². The predicted octanol–water partition coefficient (Wildman–Crippen LogP) is 0.710. The standard InChI is InChI=1S/C13H17N5O/c14-13(18-5-7-19-8-6-18)16-9-11-2-1-10-3-4-15-12(10)17-11/h1-4H,5-9H2,(H2,14,16)(H,15,17). The molecule has 3 rings (SSSR count). The SMILES string of the molecule is NC(=NCc1ccc2cc[nH]c2n1)N1CCOCC1. The van der Waals surface area contributed by atoms with Gasteiger partial charge in [0.25, 0.3) is 0 Å². The Bertz CT molecular complexity index is 585. The average molecular weight is 259 g/mol. The van der Waals surface area contributed by atoms with E-state index < -0.39 is 0 Å². The van der Waals surface area contributed by atoms with E-state index in [1.807, 2.05) is 29.3 Å². The Morgan fingerprint density at radius 1 is 1.37 bits per heavy atom. The van der Waals surface area contributed by atoms with Gasteiger partial charge in [0.15, 0.2) is 5.96 Å². The van der Waals surface area contributed by atoms with Crippen LogP contribution in [0, 0.1) is 0 Å². The highest BCUT2D eigenvalue weighted by Crippen LogP contribution is 2.10. The molecule has 1 aliphatic rings. The molecule has 100 valence electrons. The Morgan fingerprint density at radius 2 is 2.21 bits per heavy atom. The van der Waals surface area contributed by atoms with Crippen LogP contribution in [0.5, 0.6) is 0 Å². The molecule has 1 aliphatic heterocycles. The first-order chi connectivity index (χ1) is 9.33. The zero-order valence-electron chi connectivity index (χ0n) is 10.7. The molecule has 2 aromatic rings. The third-order valence-electron chi connectivity index (χ3n) is 3.21. The van der Waals surface area contributed by atoms with Crippen molar-refractivity contribution in [3.63, 3.8) is 0 Å². The Balaban J connectivity index is 1.69. The van der Waals surface area contributed by atoms with Gasteiger partial charge in [-0.25, -0.2) is 9.98 Å². The molecule has 6 nitrogen and oxygen atoms in total. The lowest BCUT2D eigenvalue weighted by Gasteiger charge is -2.27. The van der Waals surface area contributed by atoms with E-state index in [0.717, 1.165) is 29.8 Å². The smallest absolute Gasteiger partial charge is 0.191 e. The van der Waals surface area contributed by atoms with E-state index in [1.165, 1.54) is 0 Å². The van der Waals surface area contributed by atoms with Gasteiger partial charge in [0.05, 0.1) is 25.5 Å². The predicted molar refractivity (Wildman–Crippen MR) is 73.8 cm³/mol. The number of nitrogens with zero attached hydrogens (tertiary/aromatic N) is 3. The van der Waals surface area contributed by atoms with Crippen LogP contribution < -0.4 is 5.73 Å². The summed E-state index contributed by atoms with van der Waals surface area (Å²) in [7, 11) is 0. The highest BCUT2D eigenvalue weighted by Gasteiger charge is 2.11. The minimum absolute atomic E-state index is 0.498. The van der Waals surface area contributed by atoms with Crippen molar-refractivity contribution in [1.82, 2.24) is 14.9 Å². The molecule has 0 saturated carbocycles. The van der Waals surface area contributed by atoms with E-state index >= 15 is 0 Å². The van der Waals surface area contributed by atoms with Crippen LogP contribution in [0.1, 0.15) is 5.69 Å². The summed E-state index contributed by atoms with van der Waals surface area (Å²) in [6.45, 7) is 3.53. The fourth-order valence-corrected chi connectivity index (χ4v) is 2.11. The molecular weight excluding hydrogens is 242 g/mol. The van der Waals surface area contributed by atoms with Gasteiger partial charge in [-0.05, 0) is 18.2 Å². The minimum Gasteiger partial charge on any atom is -0.378 e. The third kappa shape index (κ3) is 2.68. The molecule has 1 saturated heterocycles. The van der Waals surface area contributed by atoms with Crippen LogP contribution in [0.15, 0.2) is 29.4 Å². The lowest BCUT2D eigenvalue weighted by molar-refractivity contribution is 0.0674. The van der Waals surface area contributed by atoms with Crippen molar-refractivity contribution in [1.29, 1.82) is 0 Å². The number of nitrogens with one attached hydrogen (secondary N) is 1. The monoisotopic (exact) mass is 259 g/mol. The molecule has 0 unspecified atom stereocenters. The Labute approximate surface area is 111 Å². The number of aromatic nitrogens is 2. The van der Waals surface area contributed by atoms with Crippen LogP contribution >= 0.6 is 0 Å². The van der Waals surface area contributed by atoms with Gasteiger partial charge in [-0.2, -0.15) is 0 Å². The lowest BCUT2D eigenvalue weighted by atomic mass is 10.3. The number of aliphatic imine (C=N–C) groups is 1. The maximum absolute atomic E-state index is 5.97. The van der Waals surface area contributed by atoms with Crippen LogP contribution in [0.3, 0.4) is 0 Å². The molecule has 0 atom stereocenters. The van der Waals surface area contributed by atoms with Gasteiger partial charge in [-0.3, -0.25) is 0 Å². The van der Waals surface area contributed by atoms with Gasteiger partial charge < -0.3 is 20.4 Å². The summed E-state index contributed by atoms with van der Waals surface area (Å²) in [4.78, 5) is 14.0. The minimum atomic E-state index is 0.498. The van der Waals surface area contributed by atoms with Crippen molar-refractivity contribution in [3.8, 4) is 0 Å². The zero-order valence-corrected chi connectivity index (χ0v) is 10.7. The highest BCUT2D eigenvalue weighted by atomic mass is 16.5. The molecule has 0 spiro atoms. The molecule has 3 N–H and O–H groups in total. The number of guanidine groups is 1. The van der Waals surface area contributed by atoms with Crippen LogP contribution in [0.2, 0.25) is 0 Å². The summed E-state index contributed by atoms with van der Waals surface area (Å²) in [5.74, 6) is 0.566. The molecule has 1 fully saturated rings. The van der Waals surface area contributed by atoms with E-state index in [9.17, 15) is 0 Å². The van der Waals surface area contributed by atoms with Crippen molar-refractivity contribution < 1.29 is 4.74 Å². The first kappa shape index (κ1) is 12.0. The highest BCUT2D eigenvalue weighted by molar-refractivity contribution is 5.78. The Hall–Kier alpha value is -2.08. The molecular formula is C13H17N5O. The topological polar surface area (TPSA) is 79.5 Å². The van der Waals surface area contributed by atoms with Gasteiger partial charge in [0.1, 0.15) is 5.65 Å². The third-order valence-corrected chi connectivity index (χ3v) is 3.21. The number of H-pyrrole nitrogens is 1. The Morgan fingerprint density at radius 3 is 3.05 bits per heavy atom. The quantitative estimate of drug-likeness (QED) is 0.615. The summed E-state index contributed by atoms with van der Waals surface area (Å²) in [6.07, 6.45) is 1.88. The normalized spacial score (nSPS) is 17.1. The second kappa shape index (κ2) is 5.27. The van der Waals surface area contributed by atoms with Crippen LogP contribution in [-0.4, -0.2) is 47.1 Å². The Kier molecular flexibility index (Phi) is 3.33. The van der Waals surface area contributed by atoms with Gasteiger partial charge >= 0.3 is 0 Å². The van der Waals surface area contributed by atoms with E-state index in [1.54, 1.807) is 0 Å². The number of nitrogens with two attached hydrogens (primary N) is 1. The number of fused-ring (bicyclic) bond motifs is 1. The summed E-state index contributed by atoms with van der Waals surface area (Å²) < 4.78 is 5.28. The number of hydrogen-bond acceptors (Lipinski definition) is 3. The lowest BCUT2D eigenvalue weighted by Crippen LogP contribution is -2.44. The molecule has 2 aromatic heterocycles. The fraction of sp³-hybridized carbons (Fsp3) is 0.385. The van der Waals surface area contributed by atoms with Crippen molar-refractivity contribution >= 4 is 17.0 Å². The number of rotatable bonds is 2. The molecule has 3 heterocycles. The first-order valence-corrected chi connectivity index (χ1v) is 6.38. The van der Waals surface area contributed by atoms with Gasteiger partial charge in [-0.1, -0.05) is 0 Å². The van der Waals surface area contributed by atoms with Crippen LogP contribution in [0.4, 0.5) is 0 Å². The maximum Gasteiger partial charge on any atom is 0.191 e. The van der Waals surface area contributed by atoms with Crippen molar-refractivity contribution in [2.24, 2.45) is 10.7 Å². The number of hydrogen-bond donors (Lipinski definition) is 2. The fourth-order valence-electron chi connectivity index (χ4n) is 2.11. The van der Waals surface area contributed by atoms with Gasteiger partial charge in [-0.15, -0.1) is 0 Å². The molecule has 19 heavy (non-hydrogen) atoms. The zero-order chi connectivity index (χ0) is 13.1. The molecule has 6 heteroatoms. The molecule has 0 aromatic carbocycles. The van der Waals surface area contributed by atoms with E-state index in [0.29, 0.717) is 25.7 Å². The largest absolute Gasteiger partial charge is 0.378 e. The number of pyridine rings is 1. The molecule has 0 aliphatic carbocycles. The second-order valence-electron chi connectivity index (χ2n) is 4.49. The molecule has 0 radical (unpaired) electrons. The maximum atomic E-state index is 5.97. The molecule has 0 amide bonds. The summed E-state index contributed by atoms with van der Waals surface area (Å²) in [5, 5.41) is 1.11. The summed E-state index contributed by atoms with van der Waals surface area (Å²) in [6, 6.07) is 6.01. The number of aromatic amines is 1. The summed E-state index contributed by atoms with van der Waals surface area (Å²) >= 11 is 0.